The van der Waals surface area contributed by atoms with Gasteiger partial charge in [0, 0.05) is 19.0 Å². The molecule has 3 aromatic carbocycles. The largest absolute Gasteiger partial charge is 0.342 e. The Morgan fingerprint density at radius 3 is 2.16 bits per heavy atom. The lowest BCUT2D eigenvalue weighted by atomic mass is 9.88. The average Bonchev–Trinajstić information content (AvgIpc) is 3.24. The number of rotatable bonds is 4. The van der Waals surface area contributed by atoms with Crippen LogP contribution in [0.2, 0.25) is 0 Å². The second-order valence-electron chi connectivity index (χ2n) is 8.50. The summed E-state index contributed by atoms with van der Waals surface area (Å²) in [6.07, 6.45) is 1.86. The Bertz CT molecular complexity index is 1140. The molecule has 156 valence electrons. The molecule has 4 nitrogen and oxygen atoms in total. The zero-order chi connectivity index (χ0) is 21.2. The van der Waals surface area contributed by atoms with Gasteiger partial charge in [-0.3, -0.25) is 4.79 Å². The van der Waals surface area contributed by atoms with Gasteiger partial charge in [-0.1, -0.05) is 66.7 Å². The number of hydrogen-bond acceptors (Lipinski definition) is 2. The molecule has 0 spiro atoms. The van der Waals surface area contributed by atoms with E-state index in [1.807, 2.05) is 41.3 Å². The van der Waals surface area contributed by atoms with Gasteiger partial charge >= 0.3 is 0 Å². The van der Waals surface area contributed by atoms with Gasteiger partial charge < -0.3 is 9.88 Å². The number of H-pyrrole nitrogens is 1. The minimum absolute atomic E-state index is 0.191. The van der Waals surface area contributed by atoms with Gasteiger partial charge in [-0.2, -0.15) is 0 Å². The van der Waals surface area contributed by atoms with Crippen LogP contribution in [0.4, 0.5) is 0 Å². The predicted octanol–water partition coefficient (Wildman–Crippen LogP) is 5.41. The van der Waals surface area contributed by atoms with Crippen LogP contribution in [-0.2, 0) is 4.79 Å². The minimum atomic E-state index is -0.256. The van der Waals surface area contributed by atoms with Crippen molar-refractivity contribution in [3.63, 3.8) is 0 Å². The molecule has 1 aromatic heterocycles. The van der Waals surface area contributed by atoms with E-state index in [0.717, 1.165) is 53.9 Å². The number of piperidine rings is 1. The molecule has 1 saturated heterocycles. The quantitative estimate of drug-likeness (QED) is 0.490. The Hall–Kier alpha value is -3.40. The molecule has 0 atom stereocenters. The van der Waals surface area contributed by atoms with Crippen LogP contribution in [0.3, 0.4) is 0 Å². The third kappa shape index (κ3) is 3.98. The van der Waals surface area contributed by atoms with Crippen molar-refractivity contribution in [3.8, 4) is 0 Å². The molecule has 1 N–H and O–H groups in total. The second-order valence-corrected chi connectivity index (χ2v) is 8.50. The number of fused-ring (bicyclic) bond motifs is 1. The molecule has 0 aliphatic carbocycles. The van der Waals surface area contributed by atoms with Crippen LogP contribution in [0, 0.1) is 6.92 Å². The molecule has 1 amide bonds. The Morgan fingerprint density at radius 2 is 1.55 bits per heavy atom. The molecule has 1 aliphatic heterocycles. The Labute approximate surface area is 182 Å². The van der Waals surface area contributed by atoms with E-state index in [1.54, 1.807) is 0 Å². The van der Waals surface area contributed by atoms with Gasteiger partial charge in [0.25, 0.3) is 0 Å². The van der Waals surface area contributed by atoms with Crippen molar-refractivity contribution < 1.29 is 4.79 Å². The Kier molecular flexibility index (Phi) is 5.29. The normalized spacial score (nSPS) is 15.0. The van der Waals surface area contributed by atoms with Gasteiger partial charge in [0.15, 0.2) is 0 Å². The highest BCUT2D eigenvalue weighted by molar-refractivity contribution is 5.87. The second kappa shape index (κ2) is 8.38. The summed E-state index contributed by atoms with van der Waals surface area (Å²) < 4.78 is 0. The van der Waals surface area contributed by atoms with E-state index in [4.69, 9.17) is 4.98 Å². The first kappa shape index (κ1) is 19.6. The third-order valence-corrected chi connectivity index (χ3v) is 6.36. The number of carbonyl (C=O) groups excluding carboxylic acids is 1. The van der Waals surface area contributed by atoms with Crippen LogP contribution in [0.15, 0.2) is 78.9 Å². The third-order valence-electron chi connectivity index (χ3n) is 6.36. The van der Waals surface area contributed by atoms with Gasteiger partial charge in [-0.05, 0) is 48.6 Å². The molecule has 1 aliphatic rings. The fraction of sp³-hybridized carbons (Fsp3) is 0.259. The molecule has 0 radical (unpaired) electrons. The minimum Gasteiger partial charge on any atom is -0.342 e. The summed E-state index contributed by atoms with van der Waals surface area (Å²) in [6.45, 7) is 3.62. The highest BCUT2D eigenvalue weighted by Gasteiger charge is 2.31. The summed E-state index contributed by atoms with van der Waals surface area (Å²) in [6, 6.07) is 26.6. The number of hydrogen-bond donors (Lipinski definition) is 1. The molecule has 0 unspecified atom stereocenters. The van der Waals surface area contributed by atoms with Crippen LogP contribution in [0.1, 0.15) is 47.2 Å². The summed E-state index contributed by atoms with van der Waals surface area (Å²) in [4.78, 5) is 24.0. The molecule has 4 aromatic rings. The number of benzene rings is 3. The molecule has 31 heavy (non-hydrogen) atoms. The summed E-state index contributed by atoms with van der Waals surface area (Å²) in [5, 5.41) is 0. The molecule has 4 heteroatoms. The molecule has 0 bridgehead atoms. The van der Waals surface area contributed by atoms with Crippen molar-refractivity contribution in [2.45, 2.75) is 31.6 Å². The smallest absolute Gasteiger partial charge is 0.234 e. The van der Waals surface area contributed by atoms with Gasteiger partial charge in [-0.15, -0.1) is 0 Å². The van der Waals surface area contributed by atoms with Crippen molar-refractivity contribution in [2.24, 2.45) is 0 Å². The summed E-state index contributed by atoms with van der Waals surface area (Å²) in [5.41, 5.74) is 5.45. The SMILES string of the molecule is Cc1ccc2nc(C3CCN(C(=O)C(c4ccccc4)c4ccccc4)CC3)[nH]c2c1. The lowest BCUT2D eigenvalue weighted by Crippen LogP contribution is -2.41. The first-order chi connectivity index (χ1) is 15.2. The van der Waals surface area contributed by atoms with Crippen LogP contribution in [0.25, 0.3) is 11.0 Å². The van der Waals surface area contributed by atoms with E-state index in [9.17, 15) is 4.79 Å². The zero-order valence-corrected chi connectivity index (χ0v) is 17.8. The number of aromatic nitrogens is 2. The maximum Gasteiger partial charge on any atom is 0.234 e. The van der Waals surface area contributed by atoms with Crippen LogP contribution < -0.4 is 0 Å². The Balaban J connectivity index is 1.34. The fourth-order valence-electron chi connectivity index (χ4n) is 4.66. The van der Waals surface area contributed by atoms with Crippen molar-refractivity contribution in [2.75, 3.05) is 13.1 Å². The highest BCUT2D eigenvalue weighted by atomic mass is 16.2. The standard InChI is InChI=1S/C27H27N3O/c1-19-12-13-23-24(18-19)29-26(28-23)22-14-16-30(17-15-22)27(31)25(20-8-4-2-5-9-20)21-10-6-3-7-11-21/h2-13,18,22,25H,14-17H2,1H3,(H,28,29). The molecule has 2 heterocycles. The first-order valence-electron chi connectivity index (χ1n) is 11.0. The maximum atomic E-state index is 13.6. The maximum absolute atomic E-state index is 13.6. The van der Waals surface area contributed by atoms with Crippen LogP contribution in [0.5, 0.6) is 0 Å². The number of amides is 1. The molecule has 1 fully saturated rings. The van der Waals surface area contributed by atoms with E-state index in [0.29, 0.717) is 5.92 Å². The van der Waals surface area contributed by atoms with Gasteiger partial charge in [0.2, 0.25) is 5.91 Å². The summed E-state index contributed by atoms with van der Waals surface area (Å²) in [7, 11) is 0. The van der Waals surface area contributed by atoms with Crippen molar-refractivity contribution in [1.82, 2.24) is 14.9 Å². The summed E-state index contributed by atoms with van der Waals surface area (Å²) >= 11 is 0. The molecular weight excluding hydrogens is 382 g/mol. The van der Waals surface area contributed by atoms with E-state index in [2.05, 4.69) is 54.4 Å². The number of nitrogens with one attached hydrogen (secondary N) is 1. The number of likely N-dealkylation sites (tertiary alicyclic amines) is 1. The first-order valence-corrected chi connectivity index (χ1v) is 11.0. The van der Waals surface area contributed by atoms with E-state index < -0.39 is 0 Å². The molecule has 5 rings (SSSR count). The van der Waals surface area contributed by atoms with E-state index in [-0.39, 0.29) is 11.8 Å². The average molecular weight is 410 g/mol. The lowest BCUT2D eigenvalue weighted by Gasteiger charge is -2.34. The number of carbonyl (C=O) groups is 1. The topological polar surface area (TPSA) is 49.0 Å². The van der Waals surface area contributed by atoms with Crippen LogP contribution in [-0.4, -0.2) is 33.9 Å². The van der Waals surface area contributed by atoms with Crippen molar-refractivity contribution >= 4 is 16.9 Å². The molecular formula is C27H27N3O. The zero-order valence-electron chi connectivity index (χ0n) is 17.8. The van der Waals surface area contributed by atoms with E-state index in [1.165, 1.54) is 5.56 Å². The monoisotopic (exact) mass is 409 g/mol. The number of aromatic amines is 1. The van der Waals surface area contributed by atoms with Crippen molar-refractivity contribution in [3.05, 3.63) is 101 Å². The molecule has 0 saturated carbocycles. The lowest BCUT2D eigenvalue weighted by molar-refractivity contribution is -0.133. The Morgan fingerprint density at radius 1 is 0.935 bits per heavy atom. The fourth-order valence-corrected chi connectivity index (χ4v) is 4.66. The summed E-state index contributed by atoms with van der Waals surface area (Å²) in [5.74, 6) is 1.35. The van der Waals surface area contributed by atoms with Crippen LogP contribution >= 0.6 is 0 Å². The van der Waals surface area contributed by atoms with Crippen molar-refractivity contribution in [1.29, 1.82) is 0 Å². The van der Waals surface area contributed by atoms with Gasteiger partial charge in [0.05, 0.1) is 17.0 Å². The van der Waals surface area contributed by atoms with E-state index >= 15 is 0 Å². The van der Waals surface area contributed by atoms with Gasteiger partial charge in [0.1, 0.15) is 5.82 Å². The number of aryl methyl sites for hydroxylation is 1. The predicted molar refractivity (Wildman–Crippen MR) is 124 cm³/mol. The number of imidazole rings is 1. The number of nitrogens with zero attached hydrogens (tertiary/aromatic N) is 2. The highest BCUT2D eigenvalue weighted by Crippen LogP contribution is 2.32. The van der Waals surface area contributed by atoms with Gasteiger partial charge in [-0.25, -0.2) is 4.98 Å².